The number of rotatable bonds is 2. The third-order valence-corrected chi connectivity index (χ3v) is 3.21. The zero-order valence-corrected chi connectivity index (χ0v) is 11.2. The largest absolute Gasteiger partial charge is 0.573 e. The highest BCUT2D eigenvalue weighted by atomic mass is 79.9. The van der Waals surface area contributed by atoms with Crippen LogP contribution >= 0.6 is 15.9 Å². The monoisotopic (exact) mass is 338 g/mol. The van der Waals surface area contributed by atoms with Gasteiger partial charge in [0.25, 0.3) is 0 Å². The summed E-state index contributed by atoms with van der Waals surface area (Å²) in [6.07, 6.45) is -4.43. The van der Waals surface area contributed by atoms with Crippen LogP contribution in [0.25, 0.3) is 0 Å². The SMILES string of the molecule is Nc1cc(OC(F)(F)F)ccc1N1CC(Br)CC1=O. The van der Waals surface area contributed by atoms with Crippen molar-refractivity contribution in [2.24, 2.45) is 0 Å². The van der Waals surface area contributed by atoms with Crippen LogP contribution in [0.3, 0.4) is 0 Å². The zero-order chi connectivity index (χ0) is 14.2. The van der Waals surface area contributed by atoms with Gasteiger partial charge in [-0.3, -0.25) is 4.79 Å². The summed E-state index contributed by atoms with van der Waals surface area (Å²) in [6, 6.07) is 3.53. The van der Waals surface area contributed by atoms with Crippen molar-refractivity contribution in [3.8, 4) is 5.75 Å². The maximum atomic E-state index is 12.1. The number of carbonyl (C=O) groups is 1. The molecule has 1 saturated heterocycles. The van der Waals surface area contributed by atoms with Crippen molar-refractivity contribution >= 4 is 33.2 Å². The molecule has 0 aliphatic carbocycles. The molecule has 104 valence electrons. The molecule has 0 spiro atoms. The first-order valence-corrected chi connectivity index (χ1v) is 6.27. The highest BCUT2D eigenvalue weighted by Gasteiger charge is 2.32. The molecule has 2 rings (SSSR count). The first-order valence-electron chi connectivity index (χ1n) is 5.36. The Morgan fingerprint density at radius 3 is 2.58 bits per heavy atom. The fourth-order valence-corrected chi connectivity index (χ4v) is 2.44. The normalized spacial score (nSPS) is 19.9. The van der Waals surface area contributed by atoms with Gasteiger partial charge in [-0.25, -0.2) is 0 Å². The molecule has 8 heteroatoms. The van der Waals surface area contributed by atoms with Crippen LogP contribution in [-0.2, 0) is 4.79 Å². The van der Waals surface area contributed by atoms with Crippen LogP contribution in [0.5, 0.6) is 5.75 Å². The smallest absolute Gasteiger partial charge is 0.406 e. The molecular formula is C11H10BrF3N2O2. The lowest BCUT2D eigenvalue weighted by Gasteiger charge is -2.19. The molecule has 1 fully saturated rings. The molecule has 1 amide bonds. The van der Waals surface area contributed by atoms with E-state index in [1.165, 1.54) is 11.0 Å². The number of hydrogen-bond donors (Lipinski definition) is 1. The second-order valence-corrected chi connectivity index (χ2v) is 5.37. The van der Waals surface area contributed by atoms with Gasteiger partial charge in [-0.05, 0) is 12.1 Å². The summed E-state index contributed by atoms with van der Waals surface area (Å²) in [5, 5.41) is 0. The van der Waals surface area contributed by atoms with Crippen molar-refractivity contribution in [2.75, 3.05) is 17.2 Å². The molecule has 4 nitrogen and oxygen atoms in total. The fourth-order valence-electron chi connectivity index (χ4n) is 1.87. The Morgan fingerprint density at radius 2 is 2.11 bits per heavy atom. The van der Waals surface area contributed by atoms with E-state index in [9.17, 15) is 18.0 Å². The Balaban J connectivity index is 2.22. The topological polar surface area (TPSA) is 55.6 Å². The summed E-state index contributed by atoms with van der Waals surface area (Å²) in [7, 11) is 0. The highest BCUT2D eigenvalue weighted by Crippen LogP contribution is 2.33. The molecule has 0 aromatic heterocycles. The lowest BCUT2D eigenvalue weighted by Crippen LogP contribution is -2.25. The number of alkyl halides is 4. The van der Waals surface area contributed by atoms with Gasteiger partial charge in [0, 0.05) is 23.9 Å². The highest BCUT2D eigenvalue weighted by molar-refractivity contribution is 9.09. The maximum absolute atomic E-state index is 12.1. The number of carbonyl (C=O) groups excluding carboxylic acids is 1. The average molecular weight is 339 g/mol. The predicted molar refractivity (Wildman–Crippen MR) is 67.2 cm³/mol. The third-order valence-electron chi connectivity index (χ3n) is 2.60. The number of nitrogen functional groups attached to an aromatic ring is 1. The molecule has 1 aliphatic heterocycles. The van der Waals surface area contributed by atoms with E-state index in [0.29, 0.717) is 18.7 Å². The second-order valence-electron chi connectivity index (χ2n) is 4.07. The van der Waals surface area contributed by atoms with Gasteiger partial charge in [-0.15, -0.1) is 13.2 Å². The minimum absolute atomic E-state index is 0.0190. The van der Waals surface area contributed by atoms with E-state index in [4.69, 9.17) is 5.73 Å². The molecule has 1 atom stereocenters. The summed E-state index contributed by atoms with van der Waals surface area (Å²) in [5.74, 6) is -0.533. The van der Waals surface area contributed by atoms with Crippen molar-refractivity contribution in [1.82, 2.24) is 0 Å². The lowest BCUT2D eigenvalue weighted by molar-refractivity contribution is -0.274. The Kier molecular flexibility index (Phi) is 3.62. The Bertz CT molecular complexity index is 507. The maximum Gasteiger partial charge on any atom is 0.573 e. The first-order chi connectivity index (χ1) is 8.76. The van der Waals surface area contributed by atoms with Crippen LogP contribution < -0.4 is 15.4 Å². The number of nitrogens with two attached hydrogens (primary N) is 1. The standard InChI is InChI=1S/C11H10BrF3N2O2/c12-6-3-10(18)17(5-6)9-2-1-7(4-8(9)16)19-11(13,14)15/h1-2,4,6H,3,5,16H2. The van der Waals surface area contributed by atoms with E-state index in [1.807, 2.05) is 0 Å². The van der Waals surface area contributed by atoms with E-state index in [-0.39, 0.29) is 16.4 Å². The van der Waals surface area contributed by atoms with Crippen molar-refractivity contribution in [1.29, 1.82) is 0 Å². The van der Waals surface area contributed by atoms with Gasteiger partial charge in [-0.2, -0.15) is 0 Å². The predicted octanol–water partition coefficient (Wildman–Crippen LogP) is 2.67. The van der Waals surface area contributed by atoms with Gasteiger partial charge in [0.2, 0.25) is 5.91 Å². The quantitative estimate of drug-likeness (QED) is 0.666. The number of anilines is 2. The van der Waals surface area contributed by atoms with Gasteiger partial charge < -0.3 is 15.4 Å². The Morgan fingerprint density at radius 1 is 1.42 bits per heavy atom. The van der Waals surface area contributed by atoms with Gasteiger partial charge >= 0.3 is 6.36 Å². The second kappa shape index (κ2) is 4.92. The lowest BCUT2D eigenvalue weighted by atomic mass is 10.2. The first kappa shape index (κ1) is 14.0. The molecule has 19 heavy (non-hydrogen) atoms. The van der Waals surface area contributed by atoms with Gasteiger partial charge in [0.1, 0.15) is 5.75 Å². The molecule has 0 bridgehead atoms. The summed E-state index contributed by atoms with van der Waals surface area (Å²) < 4.78 is 39.9. The summed E-state index contributed by atoms with van der Waals surface area (Å²) in [4.78, 5) is 13.1. The summed E-state index contributed by atoms with van der Waals surface area (Å²) >= 11 is 3.32. The minimum atomic E-state index is -4.77. The molecule has 0 radical (unpaired) electrons. The Labute approximate surface area is 115 Å². The number of nitrogens with zero attached hydrogens (tertiary/aromatic N) is 1. The van der Waals surface area contributed by atoms with E-state index in [1.54, 1.807) is 0 Å². The molecule has 1 aromatic carbocycles. The van der Waals surface area contributed by atoms with E-state index in [0.717, 1.165) is 12.1 Å². The van der Waals surface area contributed by atoms with Crippen molar-refractivity contribution in [3.63, 3.8) is 0 Å². The van der Waals surface area contributed by atoms with E-state index in [2.05, 4.69) is 20.7 Å². The van der Waals surface area contributed by atoms with Crippen LogP contribution in [-0.4, -0.2) is 23.6 Å². The van der Waals surface area contributed by atoms with E-state index >= 15 is 0 Å². The fraction of sp³-hybridized carbons (Fsp3) is 0.364. The molecule has 1 aliphatic rings. The molecule has 1 aromatic rings. The van der Waals surface area contributed by atoms with Crippen LogP contribution in [0.15, 0.2) is 18.2 Å². The van der Waals surface area contributed by atoms with Gasteiger partial charge in [0.15, 0.2) is 0 Å². The van der Waals surface area contributed by atoms with Crippen LogP contribution in [0.2, 0.25) is 0 Å². The van der Waals surface area contributed by atoms with Crippen molar-refractivity contribution in [2.45, 2.75) is 17.6 Å². The van der Waals surface area contributed by atoms with Crippen LogP contribution in [0, 0.1) is 0 Å². The zero-order valence-electron chi connectivity index (χ0n) is 9.58. The average Bonchev–Trinajstić information content (AvgIpc) is 2.55. The van der Waals surface area contributed by atoms with Gasteiger partial charge in [-0.1, -0.05) is 15.9 Å². The van der Waals surface area contributed by atoms with Crippen LogP contribution in [0.1, 0.15) is 6.42 Å². The van der Waals surface area contributed by atoms with Crippen molar-refractivity contribution < 1.29 is 22.7 Å². The summed E-state index contributed by atoms with van der Waals surface area (Å²) in [6.45, 7) is 0.433. The van der Waals surface area contributed by atoms with Crippen LogP contribution in [0.4, 0.5) is 24.5 Å². The van der Waals surface area contributed by atoms with E-state index < -0.39 is 12.1 Å². The number of halogens is 4. The number of hydrogen-bond acceptors (Lipinski definition) is 3. The number of benzene rings is 1. The minimum Gasteiger partial charge on any atom is -0.406 e. The number of ether oxygens (including phenoxy) is 1. The molecule has 2 N–H and O–H groups in total. The molecule has 1 heterocycles. The third kappa shape index (κ3) is 3.31. The van der Waals surface area contributed by atoms with Crippen molar-refractivity contribution in [3.05, 3.63) is 18.2 Å². The molecule has 0 saturated carbocycles. The molecular weight excluding hydrogens is 329 g/mol. The summed E-state index contributed by atoms with van der Waals surface area (Å²) in [5.41, 5.74) is 6.13. The number of amides is 1. The Hall–Kier alpha value is -1.44. The van der Waals surface area contributed by atoms with Gasteiger partial charge in [0.05, 0.1) is 11.4 Å². The molecule has 1 unspecified atom stereocenters.